The minimum atomic E-state index is -0.296. The third-order valence-electron chi connectivity index (χ3n) is 6.14. The average molecular weight is 500 g/mol. The summed E-state index contributed by atoms with van der Waals surface area (Å²) in [6.07, 6.45) is 5.00. The number of nitrogens with two attached hydrogens (primary N) is 1. The molecule has 3 N–H and O–H groups in total. The van der Waals surface area contributed by atoms with Gasteiger partial charge in [0, 0.05) is 12.0 Å². The smallest absolute Gasteiger partial charge is 0.309 e. The zero-order valence-electron chi connectivity index (χ0n) is 18.3. The van der Waals surface area contributed by atoms with E-state index in [1.165, 1.54) is 18.4 Å². The van der Waals surface area contributed by atoms with Crippen molar-refractivity contribution >= 4 is 67.1 Å². The number of anilines is 2. The standard InChI is InChI=1S/C22H22ClN7O3S/c1-33-16(31)9-11-2-7-14-15(8-11)34-22(26-14)29-20(32)12-3-5-13(6-4-12)30-10-25-17-18(24)27-21(23)28-19(17)30/h2,7-8,10,12-13H,3-6,9H2,1H3,(H2,24,27,28)(H,26,29,32)/t12-,13+. The van der Waals surface area contributed by atoms with E-state index in [2.05, 4.69) is 25.3 Å². The third-order valence-corrected chi connectivity index (χ3v) is 7.24. The minimum absolute atomic E-state index is 0.0302. The van der Waals surface area contributed by atoms with Crippen LogP contribution in [0.2, 0.25) is 5.28 Å². The molecule has 0 unspecified atom stereocenters. The number of nitrogen functional groups attached to an aromatic ring is 1. The number of halogens is 1. The lowest BCUT2D eigenvalue weighted by Gasteiger charge is -2.28. The topological polar surface area (TPSA) is 138 Å². The number of fused-ring (bicyclic) bond motifs is 2. The molecule has 1 saturated carbocycles. The van der Waals surface area contributed by atoms with Crippen molar-refractivity contribution < 1.29 is 14.3 Å². The van der Waals surface area contributed by atoms with Crippen molar-refractivity contribution in [2.45, 2.75) is 38.1 Å². The molecule has 0 spiro atoms. The lowest BCUT2D eigenvalue weighted by atomic mass is 9.85. The lowest BCUT2D eigenvalue weighted by Crippen LogP contribution is -2.28. The van der Waals surface area contributed by atoms with E-state index in [9.17, 15) is 9.59 Å². The molecule has 12 heteroatoms. The Morgan fingerprint density at radius 3 is 2.79 bits per heavy atom. The predicted octanol–water partition coefficient (Wildman–Crippen LogP) is 3.76. The molecule has 1 aromatic carbocycles. The highest BCUT2D eigenvalue weighted by atomic mass is 35.5. The second kappa shape index (κ2) is 9.15. The molecule has 1 aliphatic carbocycles. The second-order valence-electron chi connectivity index (χ2n) is 8.27. The fourth-order valence-electron chi connectivity index (χ4n) is 4.37. The number of rotatable bonds is 5. The number of nitrogens with zero attached hydrogens (tertiary/aromatic N) is 5. The number of nitrogens with one attached hydrogen (secondary N) is 1. The monoisotopic (exact) mass is 499 g/mol. The van der Waals surface area contributed by atoms with E-state index in [1.807, 2.05) is 22.8 Å². The van der Waals surface area contributed by atoms with Crippen molar-refractivity contribution in [2.75, 3.05) is 18.2 Å². The first-order valence-electron chi connectivity index (χ1n) is 10.8. The van der Waals surface area contributed by atoms with Gasteiger partial charge >= 0.3 is 5.97 Å². The second-order valence-corrected chi connectivity index (χ2v) is 9.64. The number of ether oxygens (including phenoxy) is 1. The largest absolute Gasteiger partial charge is 0.469 e. The molecule has 0 bridgehead atoms. The molecule has 3 aromatic heterocycles. The van der Waals surface area contributed by atoms with Gasteiger partial charge in [0.25, 0.3) is 0 Å². The van der Waals surface area contributed by atoms with E-state index in [0.717, 1.165) is 41.5 Å². The first kappa shape index (κ1) is 22.5. The number of esters is 1. The normalized spacial score (nSPS) is 18.3. The van der Waals surface area contributed by atoms with Crippen molar-refractivity contribution in [3.63, 3.8) is 0 Å². The SMILES string of the molecule is COC(=O)Cc1ccc2nc(NC(=O)[C@H]3CC[C@@H](n4cnc5c(N)nc(Cl)nc54)CC3)sc2c1. The van der Waals surface area contributed by atoms with Crippen molar-refractivity contribution in [3.05, 3.63) is 35.4 Å². The summed E-state index contributed by atoms with van der Waals surface area (Å²) in [6, 6.07) is 5.76. The Morgan fingerprint density at radius 1 is 1.24 bits per heavy atom. The summed E-state index contributed by atoms with van der Waals surface area (Å²) in [6.45, 7) is 0. The van der Waals surface area contributed by atoms with Crippen LogP contribution in [0.4, 0.5) is 10.9 Å². The number of thiazole rings is 1. The molecule has 3 heterocycles. The van der Waals surface area contributed by atoms with Crippen LogP contribution < -0.4 is 11.1 Å². The number of hydrogen-bond donors (Lipinski definition) is 2. The third kappa shape index (κ3) is 4.40. The van der Waals surface area contributed by atoms with Gasteiger partial charge in [0.2, 0.25) is 11.2 Å². The molecule has 5 rings (SSSR count). The van der Waals surface area contributed by atoms with Gasteiger partial charge < -0.3 is 20.4 Å². The average Bonchev–Trinajstić information content (AvgIpc) is 3.42. The van der Waals surface area contributed by atoms with Gasteiger partial charge in [-0.3, -0.25) is 9.59 Å². The van der Waals surface area contributed by atoms with E-state index in [4.69, 9.17) is 22.1 Å². The van der Waals surface area contributed by atoms with Gasteiger partial charge in [0.15, 0.2) is 16.6 Å². The zero-order valence-corrected chi connectivity index (χ0v) is 19.9. The van der Waals surface area contributed by atoms with E-state index in [1.54, 1.807) is 6.33 Å². The summed E-state index contributed by atoms with van der Waals surface area (Å²) in [5, 5.41) is 3.62. The van der Waals surface area contributed by atoms with Crippen LogP contribution in [0.25, 0.3) is 21.4 Å². The van der Waals surface area contributed by atoms with Crippen molar-refractivity contribution in [3.8, 4) is 0 Å². The number of methoxy groups -OCH3 is 1. The van der Waals surface area contributed by atoms with Gasteiger partial charge in [-0.15, -0.1) is 0 Å². The fourth-order valence-corrected chi connectivity index (χ4v) is 5.48. The van der Waals surface area contributed by atoms with Gasteiger partial charge in [0.1, 0.15) is 5.52 Å². The Hall–Kier alpha value is -3.31. The van der Waals surface area contributed by atoms with E-state index in [-0.39, 0.29) is 41.4 Å². The summed E-state index contributed by atoms with van der Waals surface area (Å²) in [4.78, 5) is 41.5. The quantitative estimate of drug-likeness (QED) is 0.312. The van der Waals surface area contributed by atoms with Crippen molar-refractivity contribution in [1.82, 2.24) is 24.5 Å². The molecular weight excluding hydrogens is 478 g/mol. The van der Waals surface area contributed by atoms with Crippen LogP contribution in [0.1, 0.15) is 37.3 Å². The number of hydrogen-bond acceptors (Lipinski definition) is 9. The molecule has 1 fully saturated rings. The molecule has 0 atom stereocenters. The van der Waals surface area contributed by atoms with Crippen LogP contribution >= 0.6 is 22.9 Å². The summed E-state index contributed by atoms with van der Waals surface area (Å²) in [7, 11) is 1.37. The molecule has 0 radical (unpaired) electrons. The van der Waals surface area contributed by atoms with Gasteiger partial charge in [-0.2, -0.15) is 9.97 Å². The first-order valence-corrected chi connectivity index (χ1v) is 12.0. The van der Waals surface area contributed by atoms with Crippen LogP contribution in [0, 0.1) is 5.92 Å². The lowest BCUT2D eigenvalue weighted by molar-refractivity contribution is -0.139. The Bertz CT molecular complexity index is 1390. The highest BCUT2D eigenvalue weighted by Crippen LogP contribution is 2.35. The number of carbonyl (C=O) groups is 2. The fraction of sp³-hybridized carbons (Fsp3) is 0.364. The minimum Gasteiger partial charge on any atom is -0.469 e. The molecule has 0 aliphatic heterocycles. The van der Waals surface area contributed by atoms with Crippen LogP contribution in [-0.2, 0) is 20.7 Å². The van der Waals surface area contributed by atoms with Crippen LogP contribution in [0.5, 0.6) is 0 Å². The Kier molecular flexibility index (Phi) is 6.05. The van der Waals surface area contributed by atoms with E-state index in [0.29, 0.717) is 16.3 Å². The summed E-state index contributed by atoms with van der Waals surface area (Å²) in [5.74, 6) is -0.167. The maximum Gasteiger partial charge on any atom is 0.309 e. The Morgan fingerprint density at radius 2 is 2.03 bits per heavy atom. The van der Waals surface area contributed by atoms with E-state index >= 15 is 0 Å². The predicted molar refractivity (Wildman–Crippen MR) is 130 cm³/mol. The number of aromatic nitrogens is 5. The van der Waals surface area contributed by atoms with Crippen molar-refractivity contribution in [2.24, 2.45) is 5.92 Å². The molecule has 4 aromatic rings. The maximum atomic E-state index is 12.9. The van der Waals surface area contributed by atoms with E-state index < -0.39 is 0 Å². The maximum absolute atomic E-state index is 12.9. The molecule has 34 heavy (non-hydrogen) atoms. The summed E-state index contributed by atoms with van der Waals surface area (Å²) in [5.41, 5.74) is 8.69. The number of benzene rings is 1. The van der Waals surface area contributed by atoms with Crippen LogP contribution in [0.3, 0.4) is 0 Å². The molecule has 10 nitrogen and oxygen atoms in total. The molecule has 176 valence electrons. The molecular formula is C22H22ClN7O3S. The summed E-state index contributed by atoms with van der Waals surface area (Å²) >= 11 is 7.37. The highest BCUT2D eigenvalue weighted by Gasteiger charge is 2.29. The van der Waals surface area contributed by atoms with Gasteiger partial charge in [0.05, 0.1) is 30.1 Å². The first-order chi connectivity index (χ1) is 16.4. The number of carbonyl (C=O) groups excluding carboxylic acids is 2. The van der Waals surface area contributed by atoms with Gasteiger partial charge in [-0.1, -0.05) is 17.4 Å². The van der Waals surface area contributed by atoms with Crippen LogP contribution in [0.15, 0.2) is 24.5 Å². The molecule has 1 amide bonds. The summed E-state index contributed by atoms with van der Waals surface area (Å²) < 4.78 is 7.61. The molecule has 1 aliphatic rings. The van der Waals surface area contributed by atoms with Gasteiger partial charge in [-0.25, -0.2) is 9.97 Å². The molecule has 0 saturated heterocycles. The zero-order chi connectivity index (χ0) is 23.8. The Balaban J connectivity index is 1.23. The number of amides is 1. The highest BCUT2D eigenvalue weighted by molar-refractivity contribution is 7.22. The van der Waals surface area contributed by atoms with Crippen molar-refractivity contribution in [1.29, 1.82) is 0 Å². The Labute approximate surface area is 203 Å². The van der Waals surface area contributed by atoms with Gasteiger partial charge in [-0.05, 0) is 55.0 Å². The number of imidazole rings is 1. The van der Waals surface area contributed by atoms with Crippen LogP contribution in [-0.4, -0.2) is 43.5 Å².